The molecular weight excluding hydrogens is 296 g/mol. The van der Waals surface area contributed by atoms with Crippen molar-refractivity contribution in [3.63, 3.8) is 0 Å². The fourth-order valence-electron chi connectivity index (χ4n) is 2.21. The molecule has 4 nitrogen and oxygen atoms in total. The van der Waals surface area contributed by atoms with Gasteiger partial charge in [-0.25, -0.2) is 0 Å². The highest BCUT2D eigenvalue weighted by atomic mass is 32.2. The van der Waals surface area contributed by atoms with Crippen LogP contribution in [0.25, 0.3) is 0 Å². The Morgan fingerprint density at radius 1 is 1.36 bits per heavy atom. The van der Waals surface area contributed by atoms with E-state index in [0.29, 0.717) is 12.0 Å². The number of nitrogens with zero attached hydrogens (tertiary/aromatic N) is 1. The summed E-state index contributed by atoms with van der Waals surface area (Å²) in [4.78, 5) is 14.4. The van der Waals surface area contributed by atoms with Gasteiger partial charge in [0.1, 0.15) is 0 Å². The monoisotopic (exact) mass is 324 g/mol. The Morgan fingerprint density at radius 3 is 2.59 bits per heavy atom. The maximum atomic E-state index is 12.2. The van der Waals surface area contributed by atoms with Crippen molar-refractivity contribution < 1.29 is 9.90 Å². The predicted molar refractivity (Wildman–Crippen MR) is 96.0 cm³/mol. The first-order valence-corrected chi connectivity index (χ1v) is 9.23. The minimum Gasteiger partial charge on any atom is -0.396 e. The van der Waals surface area contributed by atoms with Crippen LogP contribution in [-0.4, -0.2) is 49.3 Å². The first-order valence-electron chi connectivity index (χ1n) is 7.84. The Morgan fingerprint density at radius 2 is 2.05 bits per heavy atom. The van der Waals surface area contributed by atoms with E-state index in [4.69, 9.17) is 5.11 Å². The number of benzene rings is 1. The van der Waals surface area contributed by atoms with Gasteiger partial charge in [-0.05, 0) is 43.4 Å². The number of hydrogen-bond acceptors (Lipinski definition) is 4. The summed E-state index contributed by atoms with van der Waals surface area (Å²) < 4.78 is 0. The molecule has 1 rings (SSSR count). The van der Waals surface area contributed by atoms with Gasteiger partial charge in [0.25, 0.3) is 5.91 Å². The number of thioether (sulfide) groups is 1. The number of hydrogen-bond donors (Lipinski definition) is 2. The minimum absolute atomic E-state index is 0.0133. The first-order chi connectivity index (χ1) is 10.6. The second kappa shape index (κ2) is 10.5. The highest BCUT2D eigenvalue weighted by molar-refractivity contribution is 7.98. The summed E-state index contributed by atoms with van der Waals surface area (Å²) in [5.74, 6) is 0.736. The van der Waals surface area contributed by atoms with Crippen LogP contribution in [0.1, 0.15) is 36.5 Å². The molecule has 0 bridgehead atoms. The average Bonchev–Trinajstić information content (AvgIpc) is 2.53. The number of amides is 1. The molecule has 0 spiro atoms. The zero-order chi connectivity index (χ0) is 16.4. The Kier molecular flexibility index (Phi) is 9.01. The van der Waals surface area contributed by atoms with Gasteiger partial charge in [-0.15, -0.1) is 0 Å². The van der Waals surface area contributed by atoms with E-state index in [9.17, 15) is 4.79 Å². The maximum Gasteiger partial charge on any atom is 0.251 e. The summed E-state index contributed by atoms with van der Waals surface area (Å²) in [5, 5.41) is 12.0. The highest BCUT2D eigenvalue weighted by Crippen LogP contribution is 2.15. The molecule has 0 heterocycles. The topological polar surface area (TPSA) is 52.6 Å². The third kappa shape index (κ3) is 6.28. The van der Waals surface area contributed by atoms with Crippen molar-refractivity contribution in [2.75, 3.05) is 37.1 Å². The van der Waals surface area contributed by atoms with Crippen LogP contribution >= 0.6 is 11.8 Å². The largest absolute Gasteiger partial charge is 0.396 e. The normalized spacial score (nSPS) is 12.0. The lowest BCUT2D eigenvalue weighted by molar-refractivity contribution is 0.0935. The quantitative estimate of drug-likeness (QED) is 0.695. The number of unbranched alkanes of at least 4 members (excludes halogenated alkanes) is 1. The van der Waals surface area contributed by atoms with Crippen molar-refractivity contribution >= 4 is 23.4 Å². The van der Waals surface area contributed by atoms with E-state index >= 15 is 0 Å². The number of anilines is 1. The van der Waals surface area contributed by atoms with Crippen LogP contribution in [0.4, 0.5) is 5.69 Å². The maximum absolute atomic E-state index is 12.2. The third-order valence-electron chi connectivity index (χ3n) is 3.60. The van der Waals surface area contributed by atoms with Gasteiger partial charge in [0.05, 0.1) is 0 Å². The van der Waals surface area contributed by atoms with Gasteiger partial charge in [0.2, 0.25) is 0 Å². The van der Waals surface area contributed by atoms with Gasteiger partial charge in [-0.2, -0.15) is 11.8 Å². The van der Waals surface area contributed by atoms with Gasteiger partial charge < -0.3 is 15.3 Å². The number of aliphatic hydroxyl groups excluding tert-OH is 1. The van der Waals surface area contributed by atoms with Crippen molar-refractivity contribution in [1.29, 1.82) is 0 Å². The van der Waals surface area contributed by atoms with E-state index in [-0.39, 0.29) is 18.6 Å². The van der Waals surface area contributed by atoms with Crippen LogP contribution in [0, 0.1) is 0 Å². The fourth-order valence-corrected chi connectivity index (χ4v) is 2.87. The summed E-state index contributed by atoms with van der Waals surface area (Å²) >= 11 is 1.67. The molecular formula is C17H28N2O2S. The molecule has 0 aliphatic rings. The number of aliphatic hydroxyl groups is 1. The van der Waals surface area contributed by atoms with E-state index in [1.807, 2.05) is 30.5 Å². The van der Waals surface area contributed by atoms with E-state index in [1.54, 1.807) is 11.8 Å². The van der Waals surface area contributed by atoms with Crippen LogP contribution in [0.2, 0.25) is 0 Å². The molecule has 1 unspecified atom stereocenters. The Labute approximate surface area is 138 Å². The SMILES string of the molecule is CCCCN(C)c1ccc(C(=O)NC(CCO)CSC)cc1. The second-order valence-electron chi connectivity index (χ2n) is 5.46. The molecule has 1 aromatic rings. The van der Waals surface area contributed by atoms with Gasteiger partial charge in [-0.3, -0.25) is 4.79 Å². The number of carbonyl (C=O) groups is 1. The van der Waals surface area contributed by atoms with Crippen LogP contribution in [-0.2, 0) is 0 Å². The smallest absolute Gasteiger partial charge is 0.251 e. The highest BCUT2D eigenvalue weighted by Gasteiger charge is 2.13. The summed E-state index contributed by atoms with van der Waals surface area (Å²) in [7, 11) is 2.07. The summed E-state index contributed by atoms with van der Waals surface area (Å²) in [6.45, 7) is 3.29. The summed E-state index contributed by atoms with van der Waals surface area (Å²) in [6.07, 6.45) is 4.92. The molecule has 0 aliphatic heterocycles. The van der Waals surface area contributed by atoms with Gasteiger partial charge in [0.15, 0.2) is 0 Å². The molecule has 1 amide bonds. The number of carbonyl (C=O) groups excluding carboxylic acids is 1. The molecule has 5 heteroatoms. The van der Waals surface area contributed by atoms with Crippen molar-refractivity contribution in [1.82, 2.24) is 5.32 Å². The molecule has 22 heavy (non-hydrogen) atoms. The zero-order valence-corrected chi connectivity index (χ0v) is 14.7. The number of nitrogens with one attached hydrogen (secondary N) is 1. The van der Waals surface area contributed by atoms with E-state index in [0.717, 1.165) is 24.4 Å². The van der Waals surface area contributed by atoms with Crippen LogP contribution in [0.5, 0.6) is 0 Å². The summed E-state index contributed by atoms with van der Waals surface area (Å²) in [6, 6.07) is 7.71. The molecule has 0 fully saturated rings. The lowest BCUT2D eigenvalue weighted by atomic mass is 10.1. The first kappa shape index (κ1) is 18.8. The fraction of sp³-hybridized carbons (Fsp3) is 0.588. The van der Waals surface area contributed by atoms with Crippen LogP contribution < -0.4 is 10.2 Å². The Bertz CT molecular complexity index is 431. The van der Waals surface area contributed by atoms with Gasteiger partial charge in [-0.1, -0.05) is 13.3 Å². The molecule has 0 aromatic heterocycles. The van der Waals surface area contributed by atoms with E-state index in [1.165, 1.54) is 6.42 Å². The molecule has 0 saturated heterocycles. The third-order valence-corrected chi connectivity index (χ3v) is 4.33. The van der Waals surface area contributed by atoms with E-state index in [2.05, 4.69) is 24.2 Å². The van der Waals surface area contributed by atoms with Crippen molar-refractivity contribution in [2.24, 2.45) is 0 Å². The molecule has 124 valence electrons. The van der Waals surface area contributed by atoms with Crippen molar-refractivity contribution in [3.05, 3.63) is 29.8 Å². The molecule has 1 atom stereocenters. The molecule has 1 aromatic carbocycles. The zero-order valence-electron chi connectivity index (χ0n) is 13.8. The van der Waals surface area contributed by atoms with Gasteiger partial charge in [0, 0.05) is 43.2 Å². The second-order valence-corrected chi connectivity index (χ2v) is 6.37. The van der Waals surface area contributed by atoms with E-state index < -0.39 is 0 Å². The molecule has 2 N–H and O–H groups in total. The summed E-state index contributed by atoms with van der Waals surface area (Å²) in [5.41, 5.74) is 1.79. The van der Waals surface area contributed by atoms with Crippen LogP contribution in [0.15, 0.2) is 24.3 Å². The minimum atomic E-state index is -0.0738. The van der Waals surface area contributed by atoms with Gasteiger partial charge >= 0.3 is 0 Å². The lowest BCUT2D eigenvalue weighted by Gasteiger charge is -2.20. The van der Waals surface area contributed by atoms with Crippen LogP contribution in [0.3, 0.4) is 0 Å². The molecule has 0 saturated carbocycles. The predicted octanol–water partition coefficient (Wildman–Crippen LogP) is 2.77. The lowest BCUT2D eigenvalue weighted by Crippen LogP contribution is -2.37. The number of rotatable bonds is 10. The van der Waals surface area contributed by atoms with Crippen molar-refractivity contribution in [2.45, 2.75) is 32.2 Å². The van der Waals surface area contributed by atoms with Crippen molar-refractivity contribution in [3.8, 4) is 0 Å². The average molecular weight is 324 g/mol. The molecule has 0 radical (unpaired) electrons. The molecule has 0 aliphatic carbocycles. The Hall–Kier alpha value is -1.20. The standard InChI is InChI=1S/C17H28N2O2S/c1-4-5-11-19(2)16-8-6-14(7-9-16)17(21)18-15(10-12-20)13-22-3/h6-9,15,20H,4-5,10-13H2,1-3H3,(H,18,21). The Balaban J connectivity index is 2.62.